The molecule has 4 rings (SSSR count). The van der Waals surface area contributed by atoms with E-state index in [0.29, 0.717) is 0 Å². The molecule has 0 aromatic heterocycles. The molecule has 0 saturated heterocycles. The lowest BCUT2D eigenvalue weighted by molar-refractivity contribution is 1.24. The van der Waals surface area contributed by atoms with E-state index in [0.717, 1.165) is 5.46 Å². The number of aryl methyl sites for hydroxylation is 1. The SMILES string of the molecule is [B]c1c(C)c(C)c(C)c(C)c1-c1c2ccccc2c(C)c2ccccc12. The van der Waals surface area contributed by atoms with Crippen molar-refractivity contribution in [2.75, 3.05) is 0 Å². The molecule has 126 valence electrons. The topological polar surface area (TPSA) is 0 Å². The fourth-order valence-electron chi connectivity index (χ4n) is 4.28. The van der Waals surface area contributed by atoms with Gasteiger partial charge in [-0.3, -0.25) is 0 Å². The molecule has 0 aliphatic rings. The lowest BCUT2D eigenvalue weighted by Gasteiger charge is -2.23. The number of hydrogen-bond donors (Lipinski definition) is 0. The maximum Gasteiger partial charge on any atom is 0.115 e. The van der Waals surface area contributed by atoms with Crippen LogP contribution in [0.25, 0.3) is 32.7 Å². The second kappa shape index (κ2) is 6.02. The van der Waals surface area contributed by atoms with Crippen LogP contribution in [0.5, 0.6) is 0 Å². The molecule has 0 spiro atoms. The zero-order valence-corrected chi connectivity index (χ0v) is 16.2. The summed E-state index contributed by atoms with van der Waals surface area (Å²) in [5, 5.41) is 5.16. The van der Waals surface area contributed by atoms with Gasteiger partial charge in [-0.25, -0.2) is 0 Å². The number of rotatable bonds is 1. The van der Waals surface area contributed by atoms with Gasteiger partial charge in [0.2, 0.25) is 0 Å². The summed E-state index contributed by atoms with van der Waals surface area (Å²) in [6.07, 6.45) is 0. The molecule has 0 heterocycles. The van der Waals surface area contributed by atoms with E-state index in [2.05, 4.69) is 83.1 Å². The van der Waals surface area contributed by atoms with Crippen LogP contribution in [0.1, 0.15) is 27.8 Å². The molecule has 0 atom stereocenters. The molecule has 0 amide bonds. The molecule has 0 nitrogen and oxygen atoms in total. The summed E-state index contributed by atoms with van der Waals surface area (Å²) in [5.74, 6) is 0. The first-order valence-corrected chi connectivity index (χ1v) is 9.19. The van der Waals surface area contributed by atoms with Gasteiger partial charge in [0.05, 0.1) is 0 Å². The number of hydrogen-bond acceptors (Lipinski definition) is 0. The standard InChI is InChI=1S/C25H23B/c1-14-15(2)17(4)25(26)23(16(14)3)24-21-12-8-6-10-19(21)18(5)20-11-7-9-13-22(20)24/h6-13H,1-5H3. The van der Waals surface area contributed by atoms with E-state index in [4.69, 9.17) is 7.85 Å². The molecular weight excluding hydrogens is 311 g/mol. The van der Waals surface area contributed by atoms with Crippen molar-refractivity contribution in [2.24, 2.45) is 0 Å². The Morgan fingerprint density at radius 3 is 1.38 bits per heavy atom. The third-order valence-corrected chi connectivity index (χ3v) is 6.19. The molecule has 0 bridgehead atoms. The summed E-state index contributed by atoms with van der Waals surface area (Å²) in [4.78, 5) is 0. The molecule has 4 aromatic rings. The fourth-order valence-corrected chi connectivity index (χ4v) is 4.28. The third kappa shape index (κ3) is 2.23. The van der Waals surface area contributed by atoms with E-state index in [-0.39, 0.29) is 0 Å². The van der Waals surface area contributed by atoms with Crippen molar-refractivity contribution in [2.45, 2.75) is 34.6 Å². The Kier molecular flexibility index (Phi) is 3.91. The molecule has 0 aliphatic heterocycles. The maximum absolute atomic E-state index is 6.71. The lowest BCUT2D eigenvalue weighted by atomic mass is 9.75. The Labute approximate surface area is 157 Å². The summed E-state index contributed by atoms with van der Waals surface area (Å²) in [6.45, 7) is 10.9. The van der Waals surface area contributed by atoms with Gasteiger partial charge < -0.3 is 0 Å². The molecule has 0 aliphatic carbocycles. The van der Waals surface area contributed by atoms with Crippen LogP contribution in [0, 0.1) is 34.6 Å². The molecule has 0 unspecified atom stereocenters. The van der Waals surface area contributed by atoms with E-state index in [9.17, 15) is 0 Å². The van der Waals surface area contributed by atoms with Crippen molar-refractivity contribution in [3.63, 3.8) is 0 Å². The molecule has 0 saturated carbocycles. The Morgan fingerprint density at radius 1 is 0.462 bits per heavy atom. The predicted molar refractivity (Wildman–Crippen MR) is 116 cm³/mol. The summed E-state index contributed by atoms with van der Waals surface area (Å²) in [5.41, 5.74) is 9.80. The van der Waals surface area contributed by atoms with Gasteiger partial charge in [0.15, 0.2) is 0 Å². The van der Waals surface area contributed by atoms with E-state index >= 15 is 0 Å². The van der Waals surface area contributed by atoms with Gasteiger partial charge in [-0.1, -0.05) is 59.6 Å². The van der Waals surface area contributed by atoms with Crippen molar-refractivity contribution < 1.29 is 0 Å². The minimum Gasteiger partial charge on any atom is -0.0855 e. The quantitative estimate of drug-likeness (QED) is 0.296. The highest BCUT2D eigenvalue weighted by Crippen LogP contribution is 2.40. The van der Waals surface area contributed by atoms with Gasteiger partial charge in [-0.05, 0) is 89.5 Å². The summed E-state index contributed by atoms with van der Waals surface area (Å²) in [7, 11) is 6.71. The minimum atomic E-state index is 0.907. The highest BCUT2D eigenvalue weighted by molar-refractivity contribution is 6.39. The average molecular weight is 334 g/mol. The van der Waals surface area contributed by atoms with Crippen LogP contribution in [-0.2, 0) is 0 Å². The molecule has 0 N–H and O–H groups in total. The van der Waals surface area contributed by atoms with Gasteiger partial charge in [0.1, 0.15) is 7.85 Å². The van der Waals surface area contributed by atoms with Gasteiger partial charge in [-0.2, -0.15) is 0 Å². The molecule has 0 fully saturated rings. The largest absolute Gasteiger partial charge is 0.115 e. The Morgan fingerprint density at radius 2 is 0.885 bits per heavy atom. The highest BCUT2D eigenvalue weighted by atomic mass is 14.2. The van der Waals surface area contributed by atoms with Gasteiger partial charge in [0, 0.05) is 0 Å². The zero-order chi connectivity index (χ0) is 18.6. The first kappa shape index (κ1) is 16.9. The summed E-state index contributed by atoms with van der Waals surface area (Å²) in [6, 6.07) is 17.4. The van der Waals surface area contributed by atoms with Crippen molar-refractivity contribution >= 4 is 34.9 Å². The lowest BCUT2D eigenvalue weighted by Crippen LogP contribution is -2.17. The van der Waals surface area contributed by atoms with Crippen molar-refractivity contribution in [1.29, 1.82) is 0 Å². The Hall–Kier alpha value is -2.54. The maximum atomic E-state index is 6.71. The Balaban J connectivity index is 2.32. The Bertz CT molecular complexity index is 1100. The zero-order valence-electron chi connectivity index (χ0n) is 16.2. The molecule has 26 heavy (non-hydrogen) atoms. The molecule has 2 radical (unpaired) electrons. The van der Waals surface area contributed by atoms with Crippen LogP contribution in [0.4, 0.5) is 0 Å². The van der Waals surface area contributed by atoms with Crippen LogP contribution in [0.3, 0.4) is 0 Å². The smallest absolute Gasteiger partial charge is 0.0855 e. The predicted octanol–water partition coefficient (Wildman–Crippen LogP) is 6.00. The van der Waals surface area contributed by atoms with Crippen LogP contribution in [-0.4, -0.2) is 7.85 Å². The molecule has 4 aromatic carbocycles. The second-order valence-corrected chi connectivity index (χ2v) is 7.38. The normalized spacial score (nSPS) is 11.4. The van der Waals surface area contributed by atoms with E-state index in [1.807, 2.05) is 0 Å². The molecule has 1 heteroatoms. The van der Waals surface area contributed by atoms with Gasteiger partial charge in [-0.15, -0.1) is 0 Å². The van der Waals surface area contributed by atoms with Crippen molar-refractivity contribution in [1.82, 2.24) is 0 Å². The minimum absolute atomic E-state index is 0.907. The monoisotopic (exact) mass is 334 g/mol. The van der Waals surface area contributed by atoms with Crippen LogP contribution in [0.15, 0.2) is 48.5 Å². The van der Waals surface area contributed by atoms with E-state index in [1.165, 1.54) is 60.5 Å². The van der Waals surface area contributed by atoms with Crippen LogP contribution < -0.4 is 5.46 Å². The fraction of sp³-hybridized carbons (Fsp3) is 0.200. The van der Waals surface area contributed by atoms with Crippen LogP contribution >= 0.6 is 0 Å². The van der Waals surface area contributed by atoms with Crippen molar-refractivity contribution in [3.8, 4) is 11.1 Å². The van der Waals surface area contributed by atoms with Crippen LogP contribution in [0.2, 0.25) is 0 Å². The van der Waals surface area contributed by atoms with Gasteiger partial charge in [0.25, 0.3) is 0 Å². The van der Waals surface area contributed by atoms with E-state index in [1.54, 1.807) is 0 Å². The average Bonchev–Trinajstić information content (AvgIpc) is 2.67. The summed E-state index contributed by atoms with van der Waals surface area (Å²) < 4.78 is 0. The van der Waals surface area contributed by atoms with E-state index < -0.39 is 0 Å². The first-order valence-electron chi connectivity index (χ1n) is 9.19. The highest BCUT2D eigenvalue weighted by Gasteiger charge is 2.19. The first-order chi connectivity index (χ1) is 12.4. The number of fused-ring (bicyclic) bond motifs is 2. The van der Waals surface area contributed by atoms with Crippen molar-refractivity contribution in [3.05, 3.63) is 76.3 Å². The molecular formula is C25H23B. The number of benzene rings is 4. The van der Waals surface area contributed by atoms with Gasteiger partial charge >= 0.3 is 0 Å². The summed E-state index contributed by atoms with van der Waals surface area (Å²) >= 11 is 0. The second-order valence-electron chi connectivity index (χ2n) is 7.38. The third-order valence-electron chi connectivity index (χ3n) is 6.19.